The maximum atomic E-state index is 6.61. The molecule has 0 amide bonds. The van der Waals surface area contributed by atoms with E-state index in [1.54, 1.807) is 0 Å². The first-order chi connectivity index (χ1) is 13.6. The van der Waals surface area contributed by atoms with Gasteiger partial charge in [-0.05, 0) is 33.6 Å². The fourth-order valence-corrected chi connectivity index (χ4v) is 3.82. The number of hydrogen-bond acceptors (Lipinski definition) is 5. The van der Waals surface area contributed by atoms with Crippen LogP contribution in [0, 0.1) is 0 Å². The highest BCUT2D eigenvalue weighted by Gasteiger charge is 2.56. The number of hydrogen-bond donors (Lipinski definition) is 0. The molecule has 1 fully saturated rings. The molecule has 0 aromatic heterocycles. The molecule has 0 saturated carbocycles. The number of ether oxygens (including phenoxy) is 5. The van der Waals surface area contributed by atoms with Gasteiger partial charge in [-0.2, -0.15) is 0 Å². The van der Waals surface area contributed by atoms with Gasteiger partial charge in [-0.1, -0.05) is 65.2 Å². The molecule has 0 aromatic rings. The Hall–Kier alpha value is -0.200. The van der Waals surface area contributed by atoms with E-state index in [1.165, 1.54) is 32.1 Å². The highest BCUT2D eigenvalue weighted by atomic mass is 16.9. The first kappa shape index (κ1) is 25.8. The van der Waals surface area contributed by atoms with Gasteiger partial charge < -0.3 is 23.7 Å². The summed E-state index contributed by atoms with van der Waals surface area (Å²) < 4.78 is 30.7. The van der Waals surface area contributed by atoms with Gasteiger partial charge in [0.15, 0.2) is 0 Å². The largest absolute Gasteiger partial charge is 0.371 e. The fraction of sp³-hybridized carbons (Fsp3) is 1.00. The molecule has 0 aliphatic carbocycles. The normalized spacial score (nSPS) is 19.0. The van der Waals surface area contributed by atoms with Gasteiger partial charge in [0.25, 0.3) is 0 Å². The summed E-state index contributed by atoms with van der Waals surface area (Å²) in [5.41, 5.74) is -0.609. The molecule has 1 heterocycles. The zero-order valence-corrected chi connectivity index (χ0v) is 19.2. The molecule has 28 heavy (non-hydrogen) atoms. The van der Waals surface area contributed by atoms with E-state index in [1.807, 2.05) is 20.8 Å². The van der Waals surface area contributed by atoms with Crippen LogP contribution in [0.5, 0.6) is 0 Å². The van der Waals surface area contributed by atoms with Crippen molar-refractivity contribution in [2.75, 3.05) is 33.0 Å². The van der Waals surface area contributed by atoms with Crippen LogP contribution in [0.15, 0.2) is 0 Å². The average molecular weight is 403 g/mol. The first-order valence-corrected chi connectivity index (χ1v) is 11.8. The van der Waals surface area contributed by atoms with E-state index in [9.17, 15) is 0 Å². The molecule has 0 radical (unpaired) electrons. The Bertz CT molecular complexity index is 355. The Balaban J connectivity index is 3.01. The van der Waals surface area contributed by atoms with Gasteiger partial charge in [0.05, 0.1) is 13.2 Å². The molecular weight excluding hydrogens is 356 g/mol. The Kier molecular flexibility index (Phi) is 13.6. The van der Waals surface area contributed by atoms with E-state index in [-0.39, 0.29) is 6.10 Å². The smallest absolute Gasteiger partial charge is 0.313 e. The van der Waals surface area contributed by atoms with Gasteiger partial charge in [0.1, 0.15) is 11.7 Å². The third kappa shape index (κ3) is 8.27. The Morgan fingerprint density at radius 3 is 1.68 bits per heavy atom. The van der Waals surface area contributed by atoms with Crippen molar-refractivity contribution in [3.63, 3.8) is 0 Å². The summed E-state index contributed by atoms with van der Waals surface area (Å²) in [4.78, 5) is 0. The first-order valence-electron chi connectivity index (χ1n) is 11.8. The minimum atomic E-state index is -1.15. The lowest BCUT2D eigenvalue weighted by Crippen LogP contribution is -2.61. The van der Waals surface area contributed by atoms with Crippen molar-refractivity contribution in [3.8, 4) is 0 Å². The van der Waals surface area contributed by atoms with Gasteiger partial charge in [0.2, 0.25) is 0 Å². The van der Waals surface area contributed by atoms with Crippen molar-refractivity contribution in [1.82, 2.24) is 0 Å². The summed E-state index contributed by atoms with van der Waals surface area (Å²) in [6.07, 6.45) is 11.6. The van der Waals surface area contributed by atoms with Gasteiger partial charge in [-0.3, -0.25) is 0 Å². The molecule has 0 bridgehead atoms. The second-order valence-corrected chi connectivity index (χ2v) is 7.74. The van der Waals surface area contributed by atoms with Crippen LogP contribution in [0.2, 0.25) is 0 Å². The van der Waals surface area contributed by atoms with E-state index in [0.717, 1.165) is 38.7 Å². The van der Waals surface area contributed by atoms with Crippen molar-refractivity contribution in [1.29, 1.82) is 0 Å². The zero-order chi connectivity index (χ0) is 20.7. The van der Waals surface area contributed by atoms with E-state index in [2.05, 4.69) is 13.8 Å². The highest BCUT2D eigenvalue weighted by Crippen LogP contribution is 2.42. The lowest BCUT2D eigenvalue weighted by Gasteiger charge is -2.48. The number of rotatable bonds is 20. The minimum Gasteiger partial charge on any atom is -0.371 e. The van der Waals surface area contributed by atoms with Crippen LogP contribution < -0.4 is 0 Å². The van der Waals surface area contributed by atoms with Gasteiger partial charge in [-0.15, -0.1) is 0 Å². The molecule has 0 aromatic carbocycles. The third-order valence-corrected chi connectivity index (χ3v) is 5.38. The molecule has 5 heteroatoms. The minimum absolute atomic E-state index is 0.202. The summed E-state index contributed by atoms with van der Waals surface area (Å²) >= 11 is 0. The summed E-state index contributed by atoms with van der Waals surface area (Å²) in [5.74, 6) is -1.15. The number of unbranched alkanes of at least 4 members (excludes halogenated alkanes) is 6. The predicted molar refractivity (Wildman–Crippen MR) is 114 cm³/mol. The Morgan fingerprint density at radius 2 is 1.18 bits per heavy atom. The maximum Gasteiger partial charge on any atom is 0.313 e. The van der Waals surface area contributed by atoms with Crippen LogP contribution in [0.1, 0.15) is 98.8 Å². The molecule has 168 valence electrons. The average Bonchev–Trinajstić information content (AvgIpc) is 3.51. The Morgan fingerprint density at radius 1 is 0.679 bits per heavy atom. The van der Waals surface area contributed by atoms with Crippen molar-refractivity contribution in [2.45, 2.75) is 117 Å². The molecule has 1 aliphatic heterocycles. The quantitative estimate of drug-likeness (QED) is 0.145. The van der Waals surface area contributed by atoms with Crippen LogP contribution in [-0.4, -0.2) is 50.7 Å². The summed E-state index contributed by atoms with van der Waals surface area (Å²) in [7, 11) is 0. The molecule has 1 saturated heterocycles. The van der Waals surface area contributed by atoms with Gasteiger partial charge >= 0.3 is 5.97 Å². The SMILES string of the molecule is CCCCCCCCC(CCCC)(OCC1CO1)C(OCC)(OCC)OCC. The topological polar surface area (TPSA) is 49.5 Å². The lowest BCUT2D eigenvalue weighted by atomic mass is 9.86. The highest BCUT2D eigenvalue weighted by molar-refractivity contribution is 4.93. The molecule has 0 N–H and O–H groups in total. The van der Waals surface area contributed by atoms with Crippen LogP contribution in [0.25, 0.3) is 0 Å². The van der Waals surface area contributed by atoms with E-state index in [0.29, 0.717) is 26.4 Å². The van der Waals surface area contributed by atoms with Crippen LogP contribution in [0.4, 0.5) is 0 Å². The summed E-state index contributed by atoms with van der Waals surface area (Å²) in [5, 5.41) is 0. The van der Waals surface area contributed by atoms with Crippen LogP contribution >= 0.6 is 0 Å². The standard InChI is InChI=1S/C23H46O5/c1-6-11-13-14-15-16-18-22(17-12-7-2,28-20-21-19-24-21)23(25-8-3,26-9-4)27-10-5/h21H,6-20H2,1-5H3. The lowest BCUT2D eigenvalue weighted by molar-refractivity contribution is -0.447. The molecule has 2 atom stereocenters. The zero-order valence-electron chi connectivity index (χ0n) is 19.2. The summed E-state index contributed by atoms with van der Waals surface area (Å²) in [6, 6.07) is 0. The molecule has 5 nitrogen and oxygen atoms in total. The van der Waals surface area contributed by atoms with Crippen LogP contribution in [-0.2, 0) is 23.7 Å². The van der Waals surface area contributed by atoms with E-state index in [4.69, 9.17) is 23.7 Å². The molecule has 0 spiro atoms. The Labute approximate surface area is 173 Å². The van der Waals surface area contributed by atoms with E-state index >= 15 is 0 Å². The summed E-state index contributed by atoms with van der Waals surface area (Å²) in [6.45, 7) is 13.4. The van der Waals surface area contributed by atoms with E-state index < -0.39 is 11.6 Å². The van der Waals surface area contributed by atoms with Crippen molar-refractivity contribution < 1.29 is 23.7 Å². The number of epoxide rings is 1. The maximum absolute atomic E-state index is 6.61. The van der Waals surface area contributed by atoms with Crippen molar-refractivity contribution >= 4 is 0 Å². The monoisotopic (exact) mass is 402 g/mol. The van der Waals surface area contributed by atoms with Crippen molar-refractivity contribution in [3.05, 3.63) is 0 Å². The van der Waals surface area contributed by atoms with Gasteiger partial charge in [-0.25, -0.2) is 0 Å². The second kappa shape index (κ2) is 14.7. The van der Waals surface area contributed by atoms with Gasteiger partial charge in [0, 0.05) is 19.8 Å². The van der Waals surface area contributed by atoms with Crippen LogP contribution in [0.3, 0.4) is 0 Å². The molecule has 1 aliphatic rings. The molecular formula is C23H46O5. The predicted octanol–water partition coefficient (Wildman–Crippen LogP) is 5.84. The second-order valence-electron chi connectivity index (χ2n) is 7.74. The third-order valence-electron chi connectivity index (χ3n) is 5.38. The molecule has 1 rings (SSSR count). The van der Waals surface area contributed by atoms with Crippen molar-refractivity contribution in [2.24, 2.45) is 0 Å². The molecule has 2 unspecified atom stereocenters. The fourth-order valence-electron chi connectivity index (χ4n) is 3.82.